The number of halogens is 2. The summed E-state index contributed by atoms with van der Waals surface area (Å²) in [6, 6.07) is 9.90. The van der Waals surface area contributed by atoms with Crippen LogP contribution in [0, 0.1) is 27.7 Å². The Morgan fingerprint density at radius 3 is 2.00 bits per heavy atom. The van der Waals surface area contributed by atoms with E-state index >= 15 is 0 Å². The molecule has 0 saturated heterocycles. The molecule has 0 nitrogen and oxygen atoms in total. The Labute approximate surface area is 113 Å². The molecule has 0 aliphatic carbocycles. The van der Waals surface area contributed by atoms with Gasteiger partial charge in [0.2, 0.25) is 0 Å². The first-order chi connectivity index (χ1) is 8.82. The average molecular weight is 260 g/mol. The van der Waals surface area contributed by atoms with Gasteiger partial charge in [-0.1, -0.05) is 35.9 Å². The van der Waals surface area contributed by atoms with Crippen LogP contribution in [-0.4, -0.2) is 0 Å². The third kappa shape index (κ3) is 2.53. The molecule has 0 aromatic heterocycles. The highest BCUT2D eigenvalue weighted by molar-refractivity contribution is 5.42. The number of rotatable bonds is 2. The summed E-state index contributed by atoms with van der Waals surface area (Å²) in [5, 5.41) is 0. The second-order valence-electron chi connectivity index (χ2n) is 5.19. The van der Waals surface area contributed by atoms with Crippen molar-refractivity contribution in [1.82, 2.24) is 0 Å². The first-order valence-corrected chi connectivity index (χ1v) is 6.35. The van der Waals surface area contributed by atoms with Crippen LogP contribution >= 0.6 is 0 Å². The van der Waals surface area contributed by atoms with Crippen LogP contribution in [0.3, 0.4) is 0 Å². The minimum atomic E-state index is -2.95. The zero-order chi connectivity index (χ0) is 14.2. The van der Waals surface area contributed by atoms with Crippen LogP contribution in [0.2, 0.25) is 0 Å². The quantitative estimate of drug-likeness (QED) is 0.708. The normalized spacial score (nSPS) is 11.7. The summed E-state index contributed by atoms with van der Waals surface area (Å²) in [5.41, 5.74) is 3.69. The lowest BCUT2D eigenvalue weighted by Gasteiger charge is -2.20. The topological polar surface area (TPSA) is 0 Å². The minimum Gasteiger partial charge on any atom is -0.196 e. The van der Waals surface area contributed by atoms with Gasteiger partial charge in [0.25, 0.3) is 5.92 Å². The number of benzene rings is 2. The Morgan fingerprint density at radius 2 is 1.42 bits per heavy atom. The van der Waals surface area contributed by atoms with Gasteiger partial charge in [0.15, 0.2) is 0 Å². The molecule has 0 spiro atoms. The lowest BCUT2D eigenvalue weighted by Crippen LogP contribution is -2.17. The molecule has 0 saturated carbocycles. The van der Waals surface area contributed by atoms with E-state index < -0.39 is 5.92 Å². The molecule has 0 amide bonds. The van der Waals surface area contributed by atoms with Gasteiger partial charge in [0.1, 0.15) is 0 Å². The lowest BCUT2D eigenvalue weighted by molar-refractivity contribution is 0.0421. The van der Waals surface area contributed by atoms with Gasteiger partial charge < -0.3 is 0 Å². The third-order valence-corrected chi connectivity index (χ3v) is 3.59. The van der Waals surface area contributed by atoms with E-state index in [9.17, 15) is 8.78 Å². The van der Waals surface area contributed by atoms with E-state index in [1.165, 1.54) is 12.1 Å². The van der Waals surface area contributed by atoms with Crippen LogP contribution < -0.4 is 0 Å². The molecule has 0 bridgehead atoms. The van der Waals surface area contributed by atoms with Gasteiger partial charge in [0.05, 0.1) is 0 Å². The van der Waals surface area contributed by atoms with E-state index in [0.717, 1.165) is 16.7 Å². The van der Waals surface area contributed by atoms with Crippen LogP contribution in [0.1, 0.15) is 33.4 Å². The predicted molar refractivity (Wildman–Crippen MR) is 74.8 cm³/mol. The molecule has 2 aromatic rings. The van der Waals surface area contributed by atoms with Crippen LogP contribution in [0.4, 0.5) is 8.78 Å². The largest absolute Gasteiger partial charge is 0.298 e. The minimum absolute atomic E-state index is 0.0579. The van der Waals surface area contributed by atoms with Gasteiger partial charge in [-0.2, -0.15) is 8.78 Å². The zero-order valence-corrected chi connectivity index (χ0v) is 11.7. The summed E-state index contributed by atoms with van der Waals surface area (Å²) in [6.07, 6.45) is 0. The Kier molecular flexibility index (Phi) is 3.44. The zero-order valence-electron chi connectivity index (χ0n) is 11.7. The van der Waals surface area contributed by atoms with E-state index in [1.54, 1.807) is 31.2 Å². The first kappa shape index (κ1) is 13.7. The third-order valence-electron chi connectivity index (χ3n) is 3.59. The van der Waals surface area contributed by atoms with Crippen LogP contribution in [0.15, 0.2) is 36.4 Å². The second kappa shape index (κ2) is 4.76. The maximum atomic E-state index is 14.6. The number of aryl methyl sites for hydroxylation is 4. The lowest BCUT2D eigenvalue weighted by atomic mass is 9.93. The average Bonchev–Trinajstić information content (AvgIpc) is 2.32. The van der Waals surface area contributed by atoms with E-state index in [4.69, 9.17) is 0 Å². The number of hydrogen-bond donors (Lipinski definition) is 0. The summed E-state index contributed by atoms with van der Waals surface area (Å²) in [6.45, 7) is 7.42. The van der Waals surface area contributed by atoms with E-state index in [1.807, 2.05) is 20.8 Å². The molecular weight excluding hydrogens is 242 g/mol. The van der Waals surface area contributed by atoms with Crippen molar-refractivity contribution in [2.24, 2.45) is 0 Å². The van der Waals surface area contributed by atoms with Crippen LogP contribution in [-0.2, 0) is 5.92 Å². The number of alkyl halides is 2. The second-order valence-corrected chi connectivity index (χ2v) is 5.19. The van der Waals surface area contributed by atoms with Crippen molar-refractivity contribution >= 4 is 0 Å². The summed E-state index contributed by atoms with van der Waals surface area (Å²) in [5.74, 6) is -2.95. The highest BCUT2D eigenvalue weighted by Crippen LogP contribution is 2.38. The summed E-state index contributed by atoms with van der Waals surface area (Å²) in [7, 11) is 0. The number of hydrogen-bond acceptors (Lipinski definition) is 0. The molecule has 100 valence electrons. The van der Waals surface area contributed by atoms with Crippen molar-refractivity contribution in [2.45, 2.75) is 33.6 Å². The van der Waals surface area contributed by atoms with E-state index in [2.05, 4.69) is 0 Å². The summed E-state index contributed by atoms with van der Waals surface area (Å²) < 4.78 is 29.2. The molecular formula is C17H18F2. The molecule has 0 aliphatic heterocycles. The smallest absolute Gasteiger partial charge is 0.196 e. The summed E-state index contributed by atoms with van der Waals surface area (Å²) >= 11 is 0. The molecule has 2 heteroatoms. The Bertz CT molecular complexity index is 613. The van der Waals surface area contributed by atoms with Crippen molar-refractivity contribution < 1.29 is 8.78 Å². The van der Waals surface area contributed by atoms with Crippen molar-refractivity contribution in [3.8, 4) is 0 Å². The molecule has 0 unspecified atom stereocenters. The van der Waals surface area contributed by atoms with E-state index in [0.29, 0.717) is 5.56 Å². The predicted octanol–water partition coefficient (Wildman–Crippen LogP) is 5.06. The monoisotopic (exact) mass is 260 g/mol. The molecule has 2 aromatic carbocycles. The molecule has 19 heavy (non-hydrogen) atoms. The summed E-state index contributed by atoms with van der Waals surface area (Å²) in [4.78, 5) is 0. The first-order valence-electron chi connectivity index (χ1n) is 6.35. The molecule has 0 fully saturated rings. The fraction of sp³-hybridized carbons (Fsp3) is 0.294. The highest BCUT2D eigenvalue weighted by Gasteiger charge is 2.35. The molecule has 0 radical (unpaired) electrons. The fourth-order valence-corrected chi connectivity index (χ4v) is 2.26. The van der Waals surface area contributed by atoms with Gasteiger partial charge in [-0.05, 0) is 50.5 Å². The molecule has 2 rings (SSSR count). The standard InChI is InChI=1S/C17H18F2/c1-11-5-8-16(14(4)9-11)17(18,19)15-7-6-12(2)13(3)10-15/h5-10H,1-4H3. The van der Waals surface area contributed by atoms with Crippen molar-refractivity contribution in [1.29, 1.82) is 0 Å². The van der Waals surface area contributed by atoms with Crippen LogP contribution in [0.5, 0.6) is 0 Å². The Hall–Kier alpha value is -1.70. The molecule has 0 atom stereocenters. The maximum absolute atomic E-state index is 14.6. The molecule has 0 heterocycles. The SMILES string of the molecule is Cc1ccc(C(F)(F)c2ccc(C)c(C)c2)c(C)c1. The van der Waals surface area contributed by atoms with Gasteiger partial charge in [-0.25, -0.2) is 0 Å². The Morgan fingerprint density at radius 1 is 0.737 bits per heavy atom. The van der Waals surface area contributed by atoms with Gasteiger partial charge in [-0.15, -0.1) is 0 Å². The van der Waals surface area contributed by atoms with Crippen molar-refractivity contribution in [3.63, 3.8) is 0 Å². The fourth-order valence-electron chi connectivity index (χ4n) is 2.26. The molecule has 0 N–H and O–H groups in total. The van der Waals surface area contributed by atoms with Crippen molar-refractivity contribution in [3.05, 3.63) is 69.8 Å². The van der Waals surface area contributed by atoms with Gasteiger partial charge in [-0.3, -0.25) is 0 Å². The highest BCUT2D eigenvalue weighted by atomic mass is 19.3. The van der Waals surface area contributed by atoms with E-state index in [-0.39, 0.29) is 11.1 Å². The van der Waals surface area contributed by atoms with Gasteiger partial charge >= 0.3 is 0 Å². The maximum Gasteiger partial charge on any atom is 0.298 e. The Balaban J connectivity index is 2.54. The molecule has 0 aliphatic rings. The van der Waals surface area contributed by atoms with Crippen molar-refractivity contribution in [2.75, 3.05) is 0 Å². The van der Waals surface area contributed by atoms with Gasteiger partial charge in [0, 0.05) is 11.1 Å². The van der Waals surface area contributed by atoms with Crippen LogP contribution in [0.25, 0.3) is 0 Å².